The van der Waals surface area contributed by atoms with Gasteiger partial charge in [-0.2, -0.15) is 5.10 Å². The summed E-state index contributed by atoms with van der Waals surface area (Å²) >= 11 is 0. The van der Waals surface area contributed by atoms with Gasteiger partial charge < -0.3 is 9.47 Å². The summed E-state index contributed by atoms with van der Waals surface area (Å²) < 4.78 is 24.6. The molecule has 1 aliphatic heterocycles. The van der Waals surface area contributed by atoms with Gasteiger partial charge in [-0.3, -0.25) is 4.79 Å². The highest BCUT2D eigenvalue weighted by Gasteiger charge is 2.41. The average molecular weight is 354 g/mol. The lowest BCUT2D eigenvalue weighted by Crippen LogP contribution is -2.40. The molecule has 0 saturated heterocycles. The topological polar surface area (TPSA) is 51.1 Å². The number of carbonyl (C=O) groups excluding carboxylic acids is 1. The van der Waals surface area contributed by atoms with Gasteiger partial charge in [0, 0.05) is 39.2 Å². The maximum absolute atomic E-state index is 13.5. The summed E-state index contributed by atoms with van der Waals surface area (Å²) in [4.78, 5) is 12.1. The van der Waals surface area contributed by atoms with Crippen molar-refractivity contribution in [2.45, 2.75) is 82.7 Å². The summed E-state index contributed by atoms with van der Waals surface area (Å²) in [6.07, 6.45) is 6.20. The number of hydrogen-bond acceptors (Lipinski definition) is 4. The second kappa shape index (κ2) is 8.12. The number of methoxy groups -OCH3 is 2. The van der Waals surface area contributed by atoms with Crippen LogP contribution in [0.15, 0.2) is 5.10 Å². The second-order valence-corrected chi connectivity index (χ2v) is 7.80. The number of halogens is 1. The quantitative estimate of drug-likeness (QED) is 0.778. The minimum atomic E-state index is -0.671. The van der Waals surface area contributed by atoms with Crippen LogP contribution in [0.3, 0.4) is 0 Å². The van der Waals surface area contributed by atoms with Gasteiger partial charge in [0.05, 0.1) is 18.2 Å². The zero-order valence-corrected chi connectivity index (χ0v) is 15.6. The third-order valence-corrected chi connectivity index (χ3v) is 6.34. The molecule has 0 aromatic heterocycles. The van der Waals surface area contributed by atoms with E-state index in [4.69, 9.17) is 14.6 Å². The van der Waals surface area contributed by atoms with Gasteiger partial charge in [-0.1, -0.05) is 0 Å². The highest BCUT2D eigenvalue weighted by molar-refractivity contribution is 5.91. The number of alkyl halides is 1. The Balaban J connectivity index is 1.68. The molecule has 0 spiro atoms. The first-order valence-electron chi connectivity index (χ1n) is 9.60. The van der Waals surface area contributed by atoms with Crippen molar-refractivity contribution in [3.8, 4) is 0 Å². The molecule has 6 heteroatoms. The van der Waals surface area contributed by atoms with Crippen LogP contribution in [0.1, 0.15) is 58.3 Å². The van der Waals surface area contributed by atoms with E-state index in [1.54, 1.807) is 26.2 Å². The molecule has 2 aliphatic carbocycles. The summed E-state index contributed by atoms with van der Waals surface area (Å²) in [5, 5.41) is 6.40. The normalized spacial score (nSPS) is 39.4. The zero-order valence-electron chi connectivity index (χ0n) is 15.6. The Labute approximate surface area is 149 Å². The van der Waals surface area contributed by atoms with Gasteiger partial charge >= 0.3 is 0 Å². The predicted octanol–water partition coefficient (Wildman–Crippen LogP) is 3.32. The van der Waals surface area contributed by atoms with Gasteiger partial charge in [-0.15, -0.1) is 0 Å². The number of hydrogen-bond donors (Lipinski definition) is 0. The van der Waals surface area contributed by atoms with E-state index in [1.807, 2.05) is 0 Å². The van der Waals surface area contributed by atoms with Crippen LogP contribution >= 0.6 is 0 Å². The van der Waals surface area contributed by atoms with E-state index < -0.39 is 6.17 Å². The van der Waals surface area contributed by atoms with E-state index in [1.165, 1.54) is 0 Å². The van der Waals surface area contributed by atoms with Gasteiger partial charge in [0.1, 0.15) is 6.17 Å². The molecule has 0 aromatic rings. The van der Waals surface area contributed by atoms with Crippen molar-refractivity contribution in [3.05, 3.63) is 0 Å². The summed E-state index contributed by atoms with van der Waals surface area (Å²) in [6.45, 7) is 1.58. The molecule has 0 N–H and O–H groups in total. The van der Waals surface area contributed by atoms with Gasteiger partial charge in [-0.05, 0) is 50.9 Å². The molecule has 0 aromatic carbocycles. The molecule has 3 aliphatic rings. The van der Waals surface area contributed by atoms with Crippen molar-refractivity contribution < 1.29 is 18.7 Å². The van der Waals surface area contributed by atoms with Crippen molar-refractivity contribution >= 4 is 11.6 Å². The number of rotatable bonds is 4. The Morgan fingerprint density at radius 2 is 1.76 bits per heavy atom. The monoisotopic (exact) mass is 354 g/mol. The first kappa shape index (κ1) is 18.8. The van der Waals surface area contributed by atoms with Crippen LogP contribution in [-0.4, -0.2) is 55.3 Å². The molecule has 1 heterocycles. The number of carbonyl (C=O) groups is 1. The molecule has 3 rings (SSSR count). The number of ether oxygens (including phenoxy) is 2. The van der Waals surface area contributed by atoms with Crippen molar-refractivity contribution in [3.63, 3.8) is 0 Å². The first-order valence-corrected chi connectivity index (χ1v) is 9.60. The predicted molar refractivity (Wildman–Crippen MR) is 94.1 cm³/mol. The second-order valence-electron chi connectivity index (χ2n) is 7.80. The molecule has 142 valence electrons. The largest absolute Gasteiger partial charge is 0.379 e. The van der Waals surface area contributed by atoms with E-state index >= 15 is 0 Å². The summed E-state index contributed by atoms with van der Waals surface area (Å²) in [7, 11) is 3.47. The highest BCUT2D eigenvalue weighted by Crippen LogP contribution is 2.38. The summed E-state index contributed by atoms with van der Waals surface area (Å²) in [6, 6.07) is 0.112. The molecule has 2 fully saturated rings. The van der Waals surface area contributed by atoms with E-state index in [0.29, 0.717) is 24.7 Å². The van der Waals surface area contributed by atoms with Crippen molar-refractivity contribution in [2.75, 3.05) is 14.2 Å². The van der Waals surface area contributed by atoms with E-state index in [9.17, 15) is 9.18 Å². The third-order valence-electron chi connectivity index (χ3n) is 6.34. The number of nitrogens with zero attached hydrogens (tertiary/aromatic N) is 2. The van der Waals surface area contributed by atoms with Crippen molar-refractivity contribution in [1.29, 1.82) is 0 Å². The Hall–Kier alpha value is -1.01. The Morgan fingerprint density at radius 3 is 2.36 bits per heavy atom. The maximum Gasteiger partial charge on any atom is 0.239 e. The molecule has 0 bridgehead atoms. The van der Waals surface area contributed by atoms with Crippen LogP contribution in [0.4, 0.5) is 4.39 Å². The fourth-order valence-corrected chi connectivity index (χ4v) is 4.86. The summed E-state index contributed by atoms with van der Waals surface area (Å²) in [5.74, 6) is 0.711. The average Bonchev–Trinajstić information content (AvgIpc) is 3.07. The smallest absolute Gasteiger partial charge is 0.239 e. The Morgan fingerprint density at radius 1 is 1.08 bits per heavy atom. The van der Waals surface area contributed by atoms with Crippen LogP contribution in [0.25, 0.3) is 0 Å². The fraction of sp³-hybridized carbons (Fsp3) is 0.895. The SMILES string of the molecule is COC1CCC(C2=NN(C(C)=O)C(C3CCC(F)CC3)C2)CC1OC. The van der Waals surface area contributed by atoms with Gasteiger partial charge in [0.2, 0.25) is 5.91 Å². The van der Waals surface area contributed by atoms with Crippen LogP contribution in [-0.2, 0) is 14.3 Å². The highest BCUT2D eigenvalue weighted by atomic mass is 19.1. The molecular weight excluding hydrogens is 323 g/mol. The third kappa shape index (κ3) is 4.05. The van der Waals surface area contributed by atoms with Crippen molar-refractivity contribution in [1.82, 2.24) is 5.01 Å². The van der Waals surface area contributed by atoms with Crippen LogP contribution in [0, 0.1) is 11.8 Å². The molecule has 25 heavy (non-hydrogen) atoms. The number of hydrazone groups is 1. The fourth-order valence-electron chi connectivity index (χ4n) is 4.86. The lowest BCUT2D eigenvalue weighted by atomic mass is 9.77. The molecule has 0 radical (unpaired) electrons. The van der Waals surface area contributed by atoms with E-state index in [0.717, 1.165) is 44.2 Å². The first-order chi connectivity index (χ1) is 12.0. The zero-order chi connectivity index (χ0) is 18.0. The van der Waals surface area contributed by atoms with Crippen molar-refractivity contribution in [2.24, 2.45) is 16.9 Å². The van der Waals surface area contributed by atoms with Gasteiger partial charge in [-0.25, -0.2) is 9.40 Å². The summed E-state index contributed by atoms with van der Waals surface area (Å²) in [5.41, 5.74) is 1.12. The Kier molecular flexibility index (Phi) is 6.10. The minimum absolute atomic E-state index is 0.00348. The number of amides is 1. The minimum Gasteiger partial charge on any atom is -0.379 e. The molecule has 2 saturated carbocycles. The molecule has 4 unspecified atom stereocenters. The lowest BCUT2D eigenvalue weighted by Gasteiger charge is -2.34. The van der Waals surface area contributed by atoms with Gasteiger partial charge in [0.25, 0.3) is 0 Å². The van der Waals surface area contributed by atoms with E-state index in [-0.39, 0.29) is 24.2 Å². The van der Waals surface area contributed by atoms with Gasteiger partial charge in [0.15, 0.2) is 0 Å². The molecule has 4 atom stereocenters. The molecular formula is C19H31FN2O3. The van der Waals surface area contributed by atoms with E-state index in [2.05, 4.69) is 0 Å². The maximum atomic E-state index is 13.5. The van der Waals surface area contributed by atoms with Crippen LogP contribution in [0.2, 0.25) is 0 Å². The molecule has 5 nitrogen and oxygen atoms in total. The van der Waals surface area contributed by atoms with Crippen LogP contribution in [0.5, 0.6) is 0 Å². The molecule has 1 amide bonds. The van der Waals surface area contributed by atoms with Crippen LogP contribution < -0.4 is 0 Å². The standard InChI is InChI=1S/C19H31FN2O3/c1-12(23)22-17(13-4-7-15(20)8-5-13)11-16(21-22)14-6-9-18(24-2)19(10-14)25-3/h13-15,17-19H,4-11H2,1-3H3. The Bertz CT molecular complexity index is 505. The lowest BCUT2D eigenvalue weighted by molar-refractivity contribution is -0.131.